The predicted octanol–water partition coefficient (Wildman–Crippen LogP) is 2.87. The molecule has 1 rings (SSSR count). The zero-order chi connectivity index (χ0) is 13.1. The molecule has 0 saturated carbocycles. The van der Waals surface area contributed by atoms with Crippen molar-refractivity contribution in [2.45, 2.75) is 57.8 Å². The Kier molecular flexibility index (Phi) is 17.5. The first-order valence-electron chi connectivity index (χ1n) is 7.05. The molecule has 1 aromatic rings. The number of aryl methyl sites for hydroxylation is 1. The quantitative estimate of drug-likeness (QED) is 0.519. The number of benzene rings is 1. The van der Waals surface area contributed by atoms with E-state index >= 15 is 0 Å². The first-order chi connectivity index (χ1) is 8.79. The summed E-state index contributed by atoms with van der Waals surface area (Å²) in [5.41, 5.74) is 1.43. The molecule has 0 radical (unpaired) electrons. The number of carboxylic acids is 1. The van der Waals surface area contributed by atoms with Gasteiger partial charge in [0.1, 0.15) is 0 Å². The Hall–Kier alpha value is 0.209. The number of aliphatic carboxylic acids is 1. The zero-order valence-electron chi connectivity index (χ0n) is 11.6. The van der Waals surface area contributed by atoms with E-state index in [0.717, 1.165) is 12.8 Å². The van der Waals surface area contributed by atoms with E-state index in [1.54, 1.807) is 0 Å². The molecule has 0 amide bonds. The molecule has 0 unspecified atom stereocenters. The second-order valence-electron chi connectivity index (χ2n) is 4.85. The number of unbranched alkanes of at least 4 members (excludes halogenated alkanes) is 6. The van der Waals surface area contributed by atoms with Crippen LogP contribution < -0.4 is 0 Å². The van der Waals surface area contributed by atoms with Crippen molar-refractivity contribution < 1.29 is 9.90 Å². The fourth-order valence-corrected chi connectivity index (χ4v) is 2.13. The molecule has 2 nitrogen and oxygen atoms in total. The molecule has 1 N–H and O–H groups in total. The van der Waals surface area contributed by atoms with Gasteiger partial charge in [-0.1, -0.05) is 62.4 Å². The minimum atomic E-state index is -0.669. The van der Waals surface area contributed by atoms with Gasteiger partial charge in [-0.25, -0.2) is 0 Å². The van der Waals surface area contributed by atoms with Gasteiger partial charge in [0.2, 0.25) is 0 Å². The van der Waals surface area contributed by atoms with Crippen LogP contribution in [-0.4, -0.2) is 57.7 Å². The van der Waals surface area contributed by atoms with Crippen molar-refractivity contribution in [3.63, 3.8) is 0 Å². The molecule has 1 aromatic carbocycles. The third kappa shape index (κ3) is 13.2. The van der Waals surface area contributed by atoms with Crippen molar-refractivity contribution in [1.29, 1.82) is 0 Å². The summed E-state index contributed by atoms with van der Waals surface area (Å²) in [6.45, 7) is 0. The number of rotatable bonds is 10. The molecule has 0 saturated heterocycles. The number of carboxylic acid groups (broad SMARTS) is 1. The van der Waals surface area contributed by atoms with Gasteiger partial charge >= 0.3 is 52.6 Å². The molecule has 0 heterocycles. The van der Waals surface area contributed by atoms with Crippen LogP contribution in [0.5, 0.6) is 0 Å². The van der Waals surface area contributed by atoms with E-state index in [9.17, 15) is 4.79 Å². The Morgan fingerprint density at radius 3 is 1.90 bits per heavy atom. The fraction of sp³-hybridized carbons (Fsp3) is 0.562. The van der Waals surface area contributed by atoms with Crippen LogP contribution in [0.2, 0.25) is 0 Å². The van der Waals surface area contributed by atoms with E-state index in [-0.39, 0.29) is 46.6 Å². The van der Waals surface area contributed by atoms with E-state index in [4.69, 9.17) is 5.11 Å². The number of carbonyl (C=O) groups is 1. The van der Waals surface area contributed by atoms with Crippen molar-refractivity contribution in [2.24, 2.45) is 0 Å². The number of hydrogen-bond acceptors (Lipinski definition) is 1. The van der Waals surface area contributed by atoms with Crippen LogP contribution in [0.25, 0.3) is 0 Å². The molecule has 0 fully saturated rings. The summed E-state index contributed by atoms with van der Waals surface area (Å²) >= 11 is 0. The van der Waals surface area contributed by atoms with Gasteiger partial charge in [-0.15, -0.1) is 0 Å². The first-order valence-corrected chi connectivity index (χ1v) is 7.05. The molecule has 4 heteroatoms. The van der Waals surface area contributed by atoms with Crippen LogP contribution in [-0.2, 0) is 11.2 Å². The summed E-state index contributed by atoms with van der Waals surface area (Å²) in [6.07, 6.45) is 9.65. The van der Waals surface area contributed by atoms with Gasteiger partial charge < -0.3 is 5.11 Å². The molecule has 0 atom stereocenters. The monoisotopic (exact) mass is 354 g/mol. The second-order valence-corrected chi connectivity index (χ2v) is 4.85. The van der Waals surface area contributed by atoms with Crippen LogP contribution in [0.3, 0.4) is 0 Å². The molecule has 0 bridgehead atoms. The van der Waals surface area contributed by atoms with Crippen LogP contribution in [0, 0.1) is 0 Å². The van der Waals surface area contributed by atoms with Gasteiger partial charge in [0.05, 0.1) is 0 Å². The molecular weight excluding hydrogens is 326 g/mol. The molecule has 0 aliphatic rings. The third-order valence-electron chi connectivity index (χ3n) is 3.20. The molecule has 0 aliphatic carbocycles. The predicted molar refractivity (Wildman–Crippen MR) is 90.4 cm³/mol. The third-order valence-corrected chi connectivity index (χ3v) is 3.20. The van der Waals surface area contributed by atoms with Crippen LogP contribution >= 0.6 is 0 Å². The topological polar surface area (TPSA) is 37.3 Å². The van der Waals surface area contributed by atoms with E-state index in [0.29, 0.717) is 6.42 Å². The van der Waals surface area contributed by atoms with Crippen LogP contribution in [0.4, 0.5) is 0 Å². The van der Waals surface area contributed by atoms with E-state index in [1.165, 1.54) is 44.1 Å². The molecule has 110 valence electrons. The summed E-state index contributed by atoms with van der Waals surface area (Å²) in [5, 5.41) is 8.49. The standard InChI is InChI=1S/C16H24O2.Na.H2Se.H/c17-16(18)14-10-5-3-1-2-4-7-11-15-12-8-6-9-13-15;;;/h6,8-9,12-13H,1-5,7,10-11,14H2,(H,17,18);;1H2;. The Balaban J connectivity index is 0. The van der Waals surface area contributed by atoms with Gasteiger partial charge in [0.15, 0.2) is 0 Å². The minimum absolute atomic E-state index is 0. The van der Waals surface area contributed by atoms with Crippen LogP contribution in [0.15, 0.2) is 30.3 Å². The number of hydrogen-bond donors (Lipinski definition) is 1. The first kappa shape index (κ1) is 22.5. The Morgan fingerprint density at radius 1 is 0.850 bits per heavy atom. The van der Waals surface area contributed by atoms with Crippen molar-refractivity contribution in [3.8, 4) is 0 Å². The van der Waals surface area contributed by atoms with Gasteiger partial charge in [0.25, 0.3) is 0 Å². The van der Waals surface area contributed by atoms with Gasteiger partial charge in [-0.3, -0.25) is 4.79 Å². The van der Waals surface area contributed by atoms with Crippen molar-refractivity contribution in [1.82, 2.24) is 0 Å². The maximum absolute atomic E-state index is 10.3. The Labute approximate surface area is 155 Å². The fourth-order valence-electron chi connectivity index (χ4n) is 2.13. The van der Waals surface area contributed by atoms with Crippen molar-refractivity contribution in [3.05, 3.63) is 35.9 Å². The van der Waals surface area contributed by atoms with E-state index in [1.807, 2.05) is 0 Å². The summed E-state index contributed by atoms with van der Waals surface area (Å²) in [7, 11) is 0. The van der Waals surface area contributed by atoms with E-state index in [2.05, 4.69) is 30.3 Å². The molecule has 0 aromatic heterocycles. The van der Waals surface area contributed by atoms with E-state index < -0.39 is 5.97 Å². The normalized spacial score (nSPS) is 9.40. The molecule has 20 heavy (non-hydrogen) atoms. The van der Waals surface area contributed by atoms with Crippen molar-refractivity contribution in [2.75, 3.05) is 0 Å². The summed E-state index contributed by atoms with van der Waals surface area (Å²) in [5.74, 6) is -0.669. The average molecular weight is 353 g/mol. The second kappa shape index (κ2) is 15.6. The van der Waals surface area contributed by atoms with Crippen molar-refractivity contribution >= 4 is 52.6 Å². The van der Waals surface area contributed by atoms with Gasteiger partial charge in [-0.05, 0) is 24.8 Å². The Morgan fingerprint density at radius 2 is 1.35 bits per heavy atom. The summed E-state index contributed by atoms with van der Waals surface area (Å²) in [4.78, 5) is 10.3. The molecule has 0 aliphatic heterocycles. The van der Waals surface area contributed by atoms with Crippen LogP contribution in [0.1, 0.15) is 56.9 Å². The SMILES string of the molecule is O=C(O)CCCCCCCCCc1ccccc1.[NaH].[SeH2]. The van der Waals surface area contributed by atoms with Gasteiger partial charge in [0, 0.05) is 6.42 Å². The maximum atomic E-state index is 10.3. The Bertz CT molecular complexity index is 331. The molecule has 0 spiro atoms. The molecular formula is C16H27NaO2Se. The zero-order valence-corrected chi connectivity index (χ0v) is 13.7. The summed E-state index contributed by atoms with van der Waals surface area (Å²) < 4.78 is 0. The van der Waals surface area contributed by atoms with Gasteiger partial charge in [-0.2, -0.15) is 0 Å². The summed E-state index contributed by atoms with van der Waals surface area (Å²) in [6, 6.07) is 10.6. The average Bonchev–Trinajstić information content (AvgIpc) is 2.37.